The number of aromatic nitrogens is 4. The van der Waals surface area contributed by atoms with Gasteiger partial charge in [0.15, 0.2) is 0 Å². The molecule has 344 valence electrons. The SMILES string of the molecule is C=CC(=O)Nc1cnc(OCC(C(=O)N[C@H]2Cc3cccc(c3)-c3ccc4c(c3)c(c(-c3cccnc3[C@H](C)OC)n4CC)CC(C)(C)COC(=O)[C@@H]3CCCN(N3)C2=O)C(C)C)n1C. The maximum Gasteiger partial charge on any atom is 0.324 e. The summed E-state index contributed by atoms with van der Waals surface area (Å²) in [5.74, 6) is -2.02. The Morgan fingerprint density at radius 2 is 1.86 bits per heavy atom. The van der Waals surface area contributed by atoms with Gasteiger partial charge in [0.25, 0.3) is 11.9 Å². The van der Waals surface area contributed by atoms with Crippen molar-refractivity contribution >= 4 is 40.4 Å². The number of ether oxygens (including phenoxy) is 3. The number of aryl methyl sites for hydroxylation is 1. The summed E-state index contributed by atoms with van der Waals surface area (Å²) in [4.78, 5) is 63.8. The van der Waals surface area contributed by atoms with Crippen LogP contribution in [0.3, 0.4) is 0 Å². The lowest BCUT2D eigenvalue weighted by molar-refractivity contribution is -0.155. The van der Waals surface area contributed by atoms with E-state index in [2.05, 4.69) is 89.4 Å². The highest BCUT2D eigenvalue weighted by atomic mass is 16.5. The van der Waals surface area contributed by atoms with Crippen molar-refractivity contribution in [3.05, 3.63) is 96.5 Å². The minimum Gasteiger partial charge on any atom is -0.464 e. The number of pyridine rings is 1. The summed E-state index contributed by atoms with van der Waals surface area (Å²) in [6, 6.07) is 17.1. The maximum absolute atomic E-state index is 14.6. The monoisotopic (exact) mass is 886 g/mol. The van der Waals surface area contributed by atoms with Gasteiger partial charge in [-0.1, -0.05) is 64.6 Å². The Morgan fingerprint density at radius 3 is 2.60 bits per heavy atom. The van der Waals surface area contributed by atoms with E-state index in [1.807, 2.05) is 39.0 Å². The van der Waals surface area contributed by atoms with Gasteiger partial charge in [-0.05, 0) is 91.6 Å². The molecule has 5 heterocycles. The fourth-order valence-electron chi connectivity index (χ4n) is 8.82. The lowest BCUT2D eigenvalue weighted by Gasteiger charge is -2.36. The van der Waals surface area contributed by atoms with Gasteiger partial charge in [0, 0.05) is 61.7 Å². The zero-order valence-electron chi connectivity index (χ0n) is 38.8. The molecule has 4 atom stereocenters. The van der Waals surface area contributed by atoms with E-state index in [0.717, 1.165) is 56.2 Å². The highest BCUT2D eigenvalue weighted by Crippen LogP contribution is 2.42. The topological polar surface area (TPSA) is 171 Å². The molecule has 15 nitrogen and oxygen atoms in total. The third-order valence-corrected chi connectivity index (χ3v) is 12.5. The van der Waals surface area contributed by atoms with E-state index in [0.29, 0.717) is 38.2 Å². The Bertz CT molecular complexity index is 2580. The molecular weight excluding hydrogens is 825 g/mol. The Kier molecular flexibility index (Phi) is 14.2. The number of carbonyl (C=O) groups excluding carboxylic acids is 4. The normalized spacial score (nSPS) is 18.7. The second-order valence-corrected chi connectivity index (χ2v) is 18.2. The van der Waals surface area contributed by atoms with E-state index < -0.39 is 35.3 Å². The van der Waals surface area contributed by atoms with Gasteiger partial charge in [0.1, 0.15) is 24.5 Å². The molecule has 1 unspecified atom stereocenters. The van der Waals surface area contributed by atoms with Gasteiger partial charge in [-0.2, -0.15) is 0 Å². The van der Waals surface area contributed by atoms with Crippen molar-refractivity contribution in [3.63, 3.8) is 0 Å². The molecule has 1 fully saturated rings. The van der Waals surface area contributed by atoms with Crippen LogP contribution in [0.15, 0.2) is 79.6 Å². The molecule has 0 radical (unpaired) electrons. The molecule has 65 heavy (non-hydrogen) atoms. The summed E-state index contributed by atoms with van der Waals surface area (Å²) in [6.45, 7) is 16.8. The average Bonchev–Trinajstić information content (AvgIpc) is 3.81. The van der Waals surface area contributed by atoms with Crippen molar-refractivity contribution in [1.82, 2.24) is 34.9 Å². The summed E-state index contributed by atoms with van der Waals surface area (Å²) in [5, 5.41) is 8.30. The third kappa shape index (κ3) is 10.2. The number of anilines is 1. The molecule has 3 aromatic heterocycles. The van der Waals surface area contributed by atoms with Crippen LogP contribution in [0, 0.1) is 17.3 Å². The summed E-state index contributed by atoms with van der Waals surface area (Å²) < 4.78 is 21.9. The smallest absolute Gasteiger partial charge is 0.324 e. The highest BCUT2D eigenvalue weighted by Gasteiger charge is 2.37. The Labute approximate surface area is 380 Å². The van der Waals surface area contributed by atoms with Crippen LogP contribution in [0.1, 0.15) is 77.3 Å². The molecule has 3 amide bonds. The van der Waals surface area contributed by atoms with Crippen LogP contribution in [0.25, 0.3) is 33.3 Å². The fourth-order valence-corrected chi connectivity index (χ4v) is 8.82. The van der Waals surface area contributed by atoms with Gasteiger partial charge in [0.2, 0.25) is 11.8 Å². The van der Waals surface area contributed by atoms with E-state index in [1.54, 1.807) is 24.9 Å². The van der Waals surface area contributed by atoms with E-state index in [-0.39, 0.29) is 49.5 Å². The van der Waals surface area contributed by atoms with Gasteiger partial charge >= 0.3 is 5.97 Å². The van der Waals surface area contributed by atoms with Gasteiger partial charge < -0.3 is 29.4 Å². The molecular formula is C50H62N8O7. The van der Waals surface area contributed by atoms with Crippen LogP contribution in [0.4, 0.5) is 5.82 Å². The number of hydrazine groups is 1. The number of amides is 3. The lowest BCUT2D eigenvalue weighted by Crippen LogP contribution is -2.61. The molecule has 2 aromatic carbocycles. The van der Waals surface area contributed by atoms with Crippen molar-refractivity contribution in [1.29, 1.82) is 0 Å². The predicted molar refractivity (Wildman–Crippen MR) is 250 cm³/mol. The first-order valence-corrected chi connectivity index (χ1v) is 22.5. The van der Waals surface area contributed by atoms with Crippen molar-refractivity contribution < 1.29 is 33.4 Å². The average molecular weight is 887 g/mol. The summed E-state index contributed by atoms with van der Waals surface area (Å²) in [5.41, 5.74) is 10.6. The molecule has 2 aliphatic rings. The zero-order chi connectivity index (χ0) is 46.6. The van der Waals surface area contributed by atoms with Crippen molar-refractivity contribution in [3.8, 4) is 28.4 Å². The molecule has 6 bridgehead atoms. The second kappa shape index (κ2) is 19.8. The lowest BCUT2D eigenvalue weighted by atomic mass is 9.84. The molecule has 0 aliphatic carbocycles. The number of rotatable bonds is 12. The van der Waals surface area contributed by atoms with E-state index >= 15 is 0 Å². The number of fused-ring (bicyclic) bond motifs is 6. The standard InChI is InChI=1S/C50H62N8O7/c1-10-43(59)54-42-27-52-49(56(42)8)64-28-38(30(3)4)46(60)53-40-24-32-15-12-16-33(23-32)34-19-20-41-36(25-34)37(45(57(41)11-2)35-17-13-21-51-44(35)31(5)63-9)26-50(6,7)29-65-48(62)39-18-14-22-58(55-39)47(40)61/h10,12-13,15-17,19-21,23,25,27,30-31,38-40,55H,1,11,14,18,22,24,26,28-29H2,2-9H3,(H,53,60)(H,54,59)/t31-,38?,39-,40-/m0/s1. The maximum atomic E-state index is 14.6. The number of methoxy groups -OCH3 is 1. The number of nitrogens with zero attached hydrogens (tertiary/aromatic N) is 5. The largest absolute Gasteiger partial charge is 0.464 e. The number of cyclic esters (lactones) is 1. The number of imidazole rings is 1. The molecule has 5 aromatic rings. The van der Waals surface area contributed by atoms with Crippen LogP contribution in [-0.2, 0) is 55.1 Å². The molecule has 15 heteroatoms. The minimum atomic E-state index is -0.994. The highest BCUT2D eigenvalue weighted by molar-refractivity contribution is 5.98. The van der Waals surface area contributed by atoms with Gasteiger partial charge in [0.05, 0.1) is 36.2 Å². The number of nitrogens with one attached hydrogen (secondary N) is 3. The molecule has 0 spiro atoms. The summed E-state index contributed by atoms with van der Waals surface area (Å²) in [7, 11) is 3.38. The molecule has 1 saturated heterocycles. The van der Waals surface area contributed by atoms with Crippen LogP contribution in [0.5, 0.6) is 6.01 Å². The van der Waals surface area contributed by atoms with Gasteiger partial charge in [-0.15, -0.1) is 0 Å². The Hall–Kier alpha value is -6.32. The Balaban J connectivity index is 1.27. The minimum absolute atomic E-state index is 0.0364. The van der Waals surface area contributed by atoms with E-state index in [1.165, 1.54) is 11.2 Å². The number of hydrogen-bond acceptors (Lipinski definition) is 10. The van der Waals surface area contributed by atoms with Crippen LogP contribution < -0.4 is 20.8 Å². The number of hydrogen-bond donors (Lipinski definition) is 3. The van der Waals surface area contributed by atoms with Crippen LogP contribution >= 0.6 is 0 Å². The van der Waals surface area contributed by atoms with E-state index in [9.17, 15) is 19.2 Å². The molecule has 0 saturated carbocycles. The first-order chi connectivity index (χ1) is 31.1. The van der Waals surface area contributed by atoms with Gasteiger partial charge in [-0.3, -0.25) is 33.7 Å². The number of carbonyl (C=O) groups is 4. The van der Waals surface area contributed by atoms with Crippen molar-refractivity contribution in [2.75, 3.05) is 32.2 Å². The fraction of sp³-hybridized carbons (Fsp3) is 0.440. The van der Waals surface area contributed by atoms with Crippen molar-refractivity contribution in [2.24, 2.45) is 24.3 Å². The zero-order valence-corrected chi connectivity index (χ0v) is 38.8. The Morgan fingerprint density at radius 1 is 1.08 bits per heavy atom. The third-order valence-electron chi connectivity index (χ3n) is 12.5. The quantitative estimate of drug-likeness (QED) is 0.0880. The first-order valence-electron chi connectivity index (χ1n) is 22.5. The molecule has 2 aliphatic heterocycles. The summed E-state index contributed by atoms with van der Waals surface area (Å²) >= 11 is 0. The van der Waals surface area contributed by atoms with Crippen molar-refractivity contribution in [2.45, 2.75) is 92.0 Å². The van der Waals surface area contributed by atoms with E-state index in [4.69, 9.17) is 19.2 Å². The summed E-state index contributed by atoms with van der Waals surface area (Å²) in [6.07, 6.45) is 6.00. The molecule has 3 N–H and O–H groups in total. The van der Waals surface area contributed by atoms with Gasteiger partial charge in [-0.25, -0.2) is 10.4 Å². The second-order valence-electron chi connectivity index (χ2n) is 18.2. The predicted octanol–water partition coefficient (Wildman–Crippen LogP) is 6.96. The number of esters is 1. The number of benzene rings is 2. The molecule has 7 rings (SSSR count). The van der Waals surface area contributed by atoms with Crippen LogP contribution in [0.2, 0.25) is 0 Å². The van der Waals surface area contributed by atoms with Crippen LogP contribution in [-0.4, -0.2) is 86.8 Å². The first kappa shape index (κ1) is 46.7.